The average molecular weight is 535 g/mol. The van der Waals surface area contributed by atoms with Gasteiger partial charge in [-0.25, -0.2) is 0 Å². The van der Waals surface area contributed by atoms with Crippen molar-refractivity contribution in [2.24, 2.45) is 11.3 Å². The molecule has 0 bridgehead atoms. The number of nitrogens with one attached hydrogen (secondary N) is 1. The molecule has 2 amide bonds. The number of carbonyl (C=O) groups excluding carboxylic acids is 3. The molecule has 2 heterocycles. The number of methoxy groups -OCH3 is 1. The van der Waals surface area contributed by atoms with Crippen molar-refractivity contribution in [2.75, 3.05) is 7.11 Å². The summed E-state index contributed by atoms with van der Waals surface area (Å²) in [5.41, 5.74) is 0.403. The minimum atomic E-state index is -0.975. The van der Waals surface area contributed by atoms with Gasteiger partial charge in [0.05, 0.1) is 20.2 Å². The molecule has 6 nitrogen and oxygen atoms in total. The van der Waals surface area contributed by atoms with Gasteiger partial charge in [-0.1, -0.05) is 47.8 Å². The monoisotopic (exact) mass is 534 g/mol. The maximum absolute atomic E-state index is 13.8. The van der Waals surface area contributed by atoms with E-state index in [1.54, 1.807) is 34.4 Å². The lowest BCUT2D eigenvalue weighted by Crippen LogP contribution is -2.53. The maximum atomic E-state index is 13.8. The predicted molar refractivity (Wildman–Crippen MR) is 137 cm³/mol. The van der Waals surface area contributed by atoms with Gasteiger partial charge in [-0.05, 0) is 54.8 Å². The van der Waals surface area contributed by atoms with E-state index in [2.05, 4.69) is 5.32 Å². The Kier molecular flexibility index (Phi) is 8.19. The highest BCUT2D eigenvalue weighted by Gasteiger charge is 2.53. The van der Waals surface area contributed by atoms with Gasteiger partial charge >= 0.3 is 5.97 Å². The third-order valence-corrected chi connectivity index (χ3v) is 8.24. The first-order valence-corrected chi connectivity index (χ1v) is 13.3. The molecule has 9 heteroatoms. The van der Waals surface area contributed by atoms with E-state index < -0.39 is 11.3 Å². The van der Waals surface area contributed by atoms with Gasteiger partial charge in [-0.2, -0.15) is 0 Å². The fourth-order valence-electron chi connectivity index (χ4n) is 5.08. The summed E-state index contributed by atoms with van der Waals surface area (Å²) in [5.74, 6) is -1.43. The summed E-state index contributed by atoms with van der Waals surface area (Å²) in [5, 5.41) is 5.80. The summed E-state index contributed by atoms with van der Waals surface area (Å²) < 4.78 is 5.27. The number of hydrogen-bond donors (Lipinski definition) is 1. The Labute approximate surface area is 219 Å². The summed E-state index contributed by atoms with van der Waals surface area (Å²) in [4.78, 5) is 42.6. The number of fused-ring (bicyclic) bond motifs is 1. The van der Waals surface area contributed by atoms with Gasteiger partial charge in [0, 0.05) is 33.0 Å². The molecule has 0 saturated carbocycles. The molecule has 4 rings (SSSR count). The number of benzene rings is 1. The van der Waals surface area contributed by atoms with E-state index in [0.717, 1.165) is 29.7 Å². The molecule has 186 valence electrons. The van der Waals surface area contributed by atoms with Crippen LogP contribution in [0.15, 0.2) is 47.5 Å². The highest BCUT2D eigenvalue weighted by Crippen LogP contribution is 2.50. The van der Waals surface area contributed by atoms with E-state index in [4.69, 9.17) is 27.9 Å². The van der Waals surface area contributed by atoms with Gasteiger partial charge in [-0.15, -0.1) is 11.3 Å². The first-order valence-electron chi connectivity index (χ1n) is 11.7. The van der Waals surface area contributed by atoms with E-state index in [-0.39, 0.29) is 37.2 Å². The lowest BCUT2D eigenvalue weighted by Gasteiger charge is -2.46. The Balaban J connectivity index is 1.65. The molecule has 1 aliphatic carbocycles. The molecular weight excluding hydrogens is 507 g/mol. The second-order valence-corrected chi connectivity index (χ2v) is 10.9. The summed E-state index contributed by atoms with van der Waals surface area (Å²) in [7, 11) is 1.37. The Morgan fingerprint density at radius 1 is 1.26 bits per heavy atom. The number of amides is 2. The zero-order valence-electron chi connectivity index (χ0n) is 19.5. The van der Waals surface area contributed by atoms with E-state index >= 15 is 0 Å². The molecule has 2 aromatic rings. The number of thiophene rings is 1. The molecule has 1 saturated heterocycles. The van der Waals surface area contributed by atoms with Crippen molar-refractivity contribution in [1.82, 2.24) is 10.2 Å². The predicted octanol–water partition coefficient (Wildman–Crippen LogP) is 5.73. The number of esters is 1. The molecule has 0 radical (unpaired) electrons. The molecule has 35 heavy (non-hydrogen) atoms. The molecule has 1 fully saturated rings. The number of carbonyl (C=O) groups is 3. The molecule has 0 unspecified atom stereocenters. The fraction of sp³-hybridized carbons (Fsp3) is 0.423. The number of nitrogens with zero attached hydrogens (tertiary/aromatic N) is 1. The normalized spacial score (nSPS) is 22.1. The van der Waals surface area contributed by atoms with Crippen LogP contribution in [0.2, 0.25) is 10.0 Å². The number of allylic oxidation sites excluding steroid dienone is 1. The lowest BCUT2D eigenvalue weighted by atomic mass is 9.69. The highest BCUT2D eigenvalue weighted by atomic mass is 35.5. The second-order valence-electron chi connectivity index (χ2n) is 9.03. The summed E-state index contributed by atoms with van der Waals surface area (Å²) >= 11 is 14.1. The van der Waals surface area contributed by atoms with Gasteiger partial charge in [0.1, 0.15) is 5.41 Å². The minimum Gasteiger partial charge on any atom is -0.468 e. The Morgan fingerprint density at radius 2 is 2.09 bits per heavy atom. The third-order valence-electron chi connectivity index (χ3n) is 6.78. The summed E-state index contributed by atoms with van der Waals surface area (Å²) in [6.07, 6.45) is 5.31. The largest absolute Gasteiger partial charge is 0.468 e. The number of likely N-dealkylation sites (tertiary alicyclic amines) is 1. The van der Waals surface area contributed by atoms with Crippen LogP contribution in [0.4, 0.5) is 0 Å². The number of halogens is 2. The van der Waals surface area contributed by atoms with Crippen LogP contribution in [-0.2, 0) is 32.2 Å². The van der Waals surface area contributed by atoms with E-state index in [0.29, 0.717) is 28.7 Å². The van der Waals surface area contributed by atoms with Crippen LogP contribution in [0, 0.1) is 11.3 Å². The van der Waals surface area contributed by atoms with E-state index in [1.165, 1.54) is 7.11 Å². The van der Waals surface area contributed by atoms with Gasteiger partial charge in [0.2, 0.25) is 11.8 Å². The van der Waals surface area contributed by atoms with Crippen LogP contribution in [0.25, 0.3) is 0 Å². The molecule has 1 N–H and O–H groups in total. The van der Waals surface area contributed by atoms with Crippen LogP contribution < -0.4 is 5.32 Å². The Bertz CT molecular complexity index is 1130. The standard InChI is InChI=1S/C26H28Cl2N2O4S/c1-34-25(33)26-10-4-2-3-7-22(26)30(16-17-8-9-19(27)13-21(17)28)24(32)18(14-26)12-23(31)29-15-20-6-5-11-35-20/h5-9,11,13,18H,2-4,10,12,14-16H2,1H3,(H,29,31)/t18-,26+/m1/s1. The van der Waals surface area contributed by atoms with Crippen molar-refractivity contribution in [3.05, 3.63) is 68.0 Å². The molecule has 2 atom stereocenters. The number of rotatable bonds is 7. The van der Waals surface area contributed by atoms with Crippen LogP contribution in [-0.4, -0.2) is 29.8 Å². The van der Waals surface area contributed by atoms with E-state index in [1.807, 2.05) is 23.6 Å². The van der Waals surface area contributed by atoms with Crippen molar-refractivity contribution in [1.29, 1.82) is 0 Å². The minimum absolute atomic E-state index is 0.00107. The highest BCUT2D eigenvalue weighted by molar-refractivity contribution is 7.09. The zero-order chi connectivity index (χ0) is 25.0. The average Bonchev–Trinajstić information content (AvgIpc) is 3.27. The zero-order valence-corrected chi connectivity index (χ0v) is 21.8. The van der Waals surface area contributed by atoms with Gasteiger partial charge in [0.15, 0.2) is 0 Å². The lowest BCUT2D eigenvalue weighted by molar-refractivity contribution is -0.160. The topological polar surface area (TPSA) is 75.7 Å². The van der Waals surface area contributed by atoms with Crippen molar-refractivity contribution >= 4 is 52.3 Å². The smallest absolute Gasteiger partial charge is 0.317 e. The molecular formula is C26H28Cl2N2O4S. The molecule has 1 aromatic carbocycles. The number of hydrogen-bond acceptors (Lipinski definition) is 5. The molecule has 0 spiro atoms. The van der Waals surface area contributed by atoms with Gasteiger partial charge in [-0.3, -0.25) is 14.4 Å². The number of ether oxygens (including phenoxy) is 1. The Hall–Kier alpha value is -2.35. The van der Waals surface area contributed by atoms with E-state index in [9.17, 15) is 14.4 Å². The van der Waals surface area contributed by atoms with Crippen LogP contribution in [0.3, 0.4) is 0 Å². The number of piperidine rings is 1. The maximum Gasteiger partial charge on any atom is 0.317 e. The van der Waals surface area contributed by atoms with Crippen molar-refractivity contribution in [3.63, 3.8) is 0 Å². The van der Waals surface area contributed by atoms with Gasteiger partial charge in [0.25, 0.3) is 0 Å². The first kappa shape index (κ1) is 25.7. The second kappa shape index (κ2) is 11.1. The van der Waals surface area contributed by atoms with Crippen molar-refractivity contribution < 1.29 is 19.1 Å². The van der Waals surface area contributed by atoms with Crippen LogP contribution in [0.1, 0.15) is 49.0 Å². The van der Waals surface area contributed by atoms with Gasteiger partial charge < -0.3 is 15.0 Å². The third kappa shape index (κ3) is 5.57. The SMILES string of the molecule is COC(=O)[C@]12CCCCC=C1N(Cc1ccc(Cl)cc1Cl)C(=O)[C@H](CC(=O)NCc1cccs1)C2. The summed E-state index contributed by atoms with van der Waals surface area (Å²) in [6, 6.07) is 9.02. The Morgan fingerprint density at radius 3 is 2.80 bits per heavy atom. The van der Waals surface area contributed by atoms with Crippen LogP contribution in [0.5, 0.6) is 0 Å². The fourth-order valence-corrected chi connectivity index (χ4v) is 6.19. The molecule has 2 aliphatic rings. The first-order chi connectivity index (χ1) is 16.8. The quantitative estimate of drug-likeness (QED) is 0.460. The molecule has 1 aromatic heterocycles. The summed E-state index contributed by atoms with van der Waals surface area (Å²) in [6.45, 7) is 0.599. The van der Waals surface area contributed by atoms with Crippen LogP contribution >= 0.6 is 34.5 Å². The van der Waals surface area contributed by atoms with Crippen molar-refractivity contribution in [3.8, 4) is 0 Å². The molecule has 1 aliphatic heterocycles. The van der Waals surface area contributed by atoms with Crippen molar-refractivity contribution in [2.45, 2.75) is 51.6 Å².